The number of nitrogens with zero attached hydrogens (tertiary/aromatic N) is 2. The SMILES string of the molecule is N[C@@H](CO)c1ccc(C(=O)O)cn1.O=NO. The molecule has 1 atom stereocenters. The van der Waals surface area contributed by atoms with Gasteiger partial charge in [0.05, 0.1) is 23.9 Å². The minimum Gasteiger partial charge on any atom is -0.478 e. The van der Waals surface area contributed by atoms with Crippen LogP contribution >= 0.6 is 0 Å². The molecule has 1 aromatic heterocycles. The van der Waals surface area contributed by atoms with Crippen molar-refractivity contribution >= 4 is 5.97 Å². The summed E-state index contributed by atoms with van der Waals surface area (Å²) in [7, 11) is 0. The lowest BCUT2D eigenvalue weighted by Gasteiger charge is -2.06. The van der Waals surface area contributed by atoms with Gasteiger partial charge in [0.2, 0.25) is 0 Å². The Kier molecular flexibility index (Phi) is 6.33. The minimum absolute atomic E-state index is 0.105. The van der Waals surface area contributed by atoms with Gasteiger partial charge in [-0.2, -0.15) is 0 Å². The molecule has 8 heteroatoms. The quantitative estimate of drug-likeness (QED) is 0.418. The molecule has 0 aromatic carbocycles. The molecular weight excluding hydrogens is 218 g/mol. The number of hydrogen-bond acceptors (Lipinski definition) is 6. The Morgan fingerprint density at radius 3 is 2.44 bits per heavy atom. The van der Waals surface area contributed by atoms with Crippen molar-refractivity contribution in [3.05, 3.63) is 34.5 Å². The molecule has 0 saturated carbocycles. The van der Waals surface area contributed by atoms with Crippen LogP contribution < -0.4 is 5.73 Å². The highest BCUT2D eigenvalue weighted by molar-refractivity contribution is 5.87. The van der Waals surface area contributed by atoms with Crippen molar-refractivity contribution < 1.29 is 20.2 Å². The van der Waals surface area contributed by atoms with Crippen LogP contribution in [0.25, 0.3) is 0 Å². The van der Waals surface area contributed by atoms with Gasteiger partial charge in [0, 0.05) is 6.20 Å². The van der Waals surface area contributed by atoms with E-state index in [1.807, 2.05) is 0 Å². The molecule has 5 N–H and O–H groups in total. The number of nitrogens with two attached hydrogens (primary N) is 1. The maximum absolute atomic E-state index is 10.4. The van der Waals surface area contributed by atoms with Gasteiger partial charge in [0.15, 0.2) is 5.34 Å². The monoisotopic (exact) mass is 229 g/mol. The molecule has 0 aliphatic heterocycles. The Bertz CT molecular complexity index is 340. The first kappa shape index (κ1) is 13.9. The second-order valence-corrected chi connectivity index (χ2v) is 2.65. The fourth-order valence-corrected chi connectivity index (χ4v) is 0.845. The van der Waals surface area contributed by atoms with Crippen LogP contribution in [0.3, 0.4) is 0 Å². The lowest BCUT2D eigenvalue weighted by molar-refractivity contribution is 0.0696. The lowest BCUT2D eigenvalue weighted by Crippen LogP contribution is -2.16. The van der Waals surface area contributed by atoms with Crippen LogP contribution in [0.15, 0.2) is 23.7 Å². The summed E-state index contributed by atoms with van der Waals surface area (Å²) in [4.78, 5) is 22.3. The predicted molar refractivity (Wildman–Crippen MR) is 52.8 cm³/mol. The number of rotatable bonds is 3. The van der Waals surface area contributed by atoms with E-state index < -0.39 is 12.0 Å². The molecule has 1 heterocycles. The summed E-state index contributed by atoms with van der Waals surface area (Å²) in [6.45, 7) is -0.209. The largest absolute Gasteiger partial charge is 0.478 e. The Balaban J connectivity index is 0.000000673. The number of carboxylic acids is 1. The molecule has 0 bridgehead atoms. The zero-order valence-corrected chi connectivity index (χ0v) is 8.15. The standard InChI is InChI=1S/C8H10N2O3.HNO2/c9-6(4-11)7-2-1-5(3-10-7)8(12)13;2-1-3/h1-3,6,11H,4,9H2,(H,12,13);(H,2,3)/t6-;/m0./s1. The van der Waals surface area contributed by atoms with Crippen molar-refractivity contribution in [3.8, 4) is 0 Å². The van der Waals surface area contributed by atoms with Gasteiger partial charge in [0.1, 0.15) is 0 Å². The fourth-order valence-electron chi connectivity index (χ4n) is 0.845. The highest BCUT2D eigenvalue weighted by atomic mass is 16.6. The summed E-state index contributed by atoms with van der Waals surface area (Å²) in [5.74, 6) is -1.03. The van der Waals surface area contributed by atoms with E-state index in [2.05, 4.69) is 4.98 Å². The lowest BCUT2D eigenvalue weighted by atomic mass is 10.2. The van der Waals surface area contributed by atoms with E-state index >= 15 is 0 Å². The molecule has 0 amide bonds. The average Bonchev–Trinajstić information content (AvgIpc) is 2.29. The maximum Gasteiger partial charge on any atom is 0.337 e. The summed E-state index contributed by atoms with van der Waals surface area (Å²) in [5, 5.41) is 25.1. The molecule has 0 fully saturated rings. The summed E-state index contributed by atoms with van der Waals surface area (Å²) in [5.41, 5.74) is 6.05. The van der Waals surface area contributed by atoms with Gasteiger partial charge in [0.25, 0.3) is 0 Å². The summed E-state index contributed by atoms with van der Waals surface area (Å²) in [6.07, 6.45) is 1.22. The van der Waals surface area contributed by atoms with Gasteiger partial charge < -0.3 is 21.2 Å². The van der Waals surface area contributed by atoms with Crippen LogP contribution in [-0.2, 0) is 0 Å². The zero-order chi connectivity index (χ0) is 12.6. The second-order valence-electron chi connectivity index (χ2n) is 2.65. The first-order chi connectivity index (χ1) is 7.56. The van der Waals surface area contributed by atoms with Gasteiger partial charge in [-0.15, -0.1) is 4.91 Å². The van der Waals surface area contributed by atoms with Crippen molar-refractivity contribution in [1.82, 2.24) is 4.98 Å². The normalized spacial score (nSPS) is 10.9. The molecule has 0 aliphatic rings. The Morgan fingerprint density at radius 1 is 1.56 bits per heavy atom. The van der Waals surface area contributed by atoms with Crippen LogP contribution in [0.5, 0.6) is 0 Å². The van der Waals surface area contributed by atoms with Crippen molar-refractivity contribution in [2.45, 2.75) is 6.04 Å². The number of carbonyl (C=O) groups is 1. The average molecular weight is 229 g/mol. The molecular formula is C8H11N3O5. The van der Waals surface area contributed by atoms with E-state index in [0.717, 1.165) is 0 Å². The molecule has 88 valence electrons. The first-order valence-corrected chi connectivity index (χ1v) is 4.09. The number of pyridine rings is 1. The van der Waals surface area contributed by atoms with E-state index in [1.54, 1.807) is 0 Å². The third kappa shape index (κ3) is 4.44. The third-order valence-electron chi connectivity index (χ3n) is 1.61. The maximum atomic E-state index is 10.4. The highest BCUT2D eigenvalue weighted by Gasteiger charge is 2.07. The van der Waals surface area contributed by atoms with Crippen molar-refractivity contribution in [1.29, 1.82) is 0 Å². The molecule has 1 rings (SSSR count). The molecule has 0 spiro atoms. The van der Waals surface area contributed by atoms with Gasteiger partial charge in [-0.05, 0) is 12.1 Å². The van der Waals surface area contributed by atoms with E-state index in [1.165, 1.54) is 23.7 Å². The number of aromatic nitrogens is 1. The number of aliphatic hydroxyl groups is 1. The number of aliphatic hydroxyl groups excluding tert-OH is 1. The number of hydrogen-bond donors (Lipinski definition) is 4. The van der Waals surface area contributed by atoms with Crippen LogP contribution in [-0.4, -0.2) is 33.0 Å². The summed E-state index contributed by atoms with van der Waals surface area (Å²) < 4.78 is 0. The Hall–Kier alpha value is -2.06. The minimum atomic E-state index is -1.03. The fraction of sp³-hybridized carbons (Fsp3) is 0.250. The van der Waals surface area contributed by atoms with Crippen LogP contribution in [0.2, 0.25) is 0 Å². The van der Waals surface area contributed by atoms with E-state index in [-0.39, 0.29) is 12.2 Å². The highest BCUT2D eigenvalue weighted by Crippen LogP contribution is 2.06. The molecule has 0 radical (unpaired) electrons. The Morgan fingerprint density at radius 2 is 2.12 bits per heavy atom. The van der Waals surface area contributed by atoms with E-state index in [0.29, 0.717) is 5.69 Å². The van der Waals surface area contributed by atoms with Gasteiger partial charge in [-0.1, -0.05) is 0 Å². The first-order valence-electron chi connectivity index (χ1n) is 4.09. The molecule has 0 saturated heterocycles. The summed E-state index contributed by atoms with van der Waals surface area (Å²) >= 11 is 0. The van der Waals surface area contributed by atoms with Gasteiger partial charge >= 0.3 is 5.97 Å². The molecule has 8 nitrogen and oxygen atoms in total. The van der Waals surface area contributed by atoms with Crippen LogP contribution in [0.1, 0.15) is 22.1 Å². The summed E-state index contributed by atoms with van der Waals surface area (Å²) in [6, 6.07) is 2.34. The van der Waals surface area contributed by atoms with E-state index in [4.69, 9.17) is 26.1 Å². The number of aromatic carboxylic acids is 1. The van der Waals surface area contributed by atoms with Crippen molar-refractivity contribution in [3.63, 3.8) is 0 Å². The van der Waals surface area contributed by atoms with Crippen molar-refractivity contribution in [2.75, 3.05) is 6.61 Å². The smallest absolute Gasteiger partial charge is 0.337 e. The zero-order valence-electron chi connectivity index (χ0n) is 8.15. The van der Waals surface area contributed by atoms with Gasteiger partial charge in [-0.3, -0.25) is 4.98 Å². The Labute approximate surface area is 90.3 Å². The molecule has 16 heavy (non-hydrogen) atoms. The predicted octanol–water partition coefficient (Wildman–Crippen LogP) is -0.0861. The third-order valence-corrected chi connectivity index (χ3v) is 1.61. The molecule has 0 unspecified atom stereocenters. The molecule has 1 aromatic rings. The van der Waals surface area contributed by atoms with Gasteiger partial charge in [-0.25, -0.2) is 4.79 Å². The van der Waals surface area contributed by atoms with Crippen LogP contribution in [0, 0.1) is 4.91 Å². The second kappa shape index (κ2) is 7.26. The number of carboxylic acid groups (broad SMARTS) is 1. The molecule has 0 aliphatic carbocycles. The topological polar surface area (TPSA) is 146 Å². The van der Waals surface area contributed by atoms with E-state index in [9.17, 15) is 4.79 Å². The van der Waals surface area contributed by atoms with Crippen molar-refractivity contribution in [2.24, 2.45) is 11.1 Å². The van der Waals surface area contributed by atoms with Crippen LogP contribution in [0.4, 0.5) is 0 Å².